The molecule has 0 spiro atoms. The van der Waals surface area contributed by atoms with Crippen LogP contribution in [0, 0.1) is 33.5 Å². The van der Waals surface area contributed by atoms with Crippen molar-refractivity contribution >= 4 is 23.7 Å². The third-order valence-electron chi connectivity index (χ3n) is 11.6. The number of carbonyl (C=O) groups is 2. The van der Waals surface area contributed by atoms with Gasteiger partial charge in [0, 0.05) is 10.8 Å². The normalized spacial score (nSPS) is 36.1. The molecule has 0 aliphatic heterocycles. The second-order valence-electron chi connectivity index (χ2n) is 13.5. The van der Waals surface area contributed by atoms with Crippen molar-refractivity contribution in [1.29, 1.82) is 0 Å². The van der Waals surface area contributed by atoms with Crippen LogP contribution in [0.5, 0.6) is 0 Å². The summed E-state index contributed by atoms with van der Waals surface area (Å²) in [4.78, 5) is 27.3. The van der Waals surface area contributed by atoms with Gasteiger partial charge in [-0.2, -0.15) is 0 Å². The molecule has 4 saturated carbocycles. The lowest BCUT2D eigenvalue weighted by molar-refractivity contribution is -0.128. The Labute approximate surface area is 219 Å². The van der Waals surface area contributed by atoms with E-state index in [2.05, 4.69) is 78.0 Å². The lowest BCUT2D eigenvalue weighted by Crippen LogP contribution is -2.35. The number of unbranched alkanes of at least 4 members (excludes halogenated alkanes) is 2. The second kappa shape index (κ2) is 8.81. The molecule has 0 heterocycles. The van der Waals surface area contributed by atoms with E-state index in [0.29, 0.717) is 23.4 Å². The quantitative estimate of drug-likeness (QED) is 0.344. The lowest BCUT2D eigenvalue weighted by atomic mass is 9.66. The van der Waals surface area contributed by atoms with Gasteiger partial charge in [-0.05, 0) is 95.6 Å². The van der Waals surface area contributed by atoms with Gasteiger partial charge in [0.05, 0.1) is 0 Å². The first-order valence-corrected chi connectivity index (χ1v) is 14.7. The van der Waals surface area contributed by atoms with E-state index in [1.807, 2.05) is 0 Å². The van der Waals surface area contributed by atoms with Gasteiger partial charge in [-0.3, -0.25) is 9.59 Å². The van der Waals surface area contributed by atoms with Crippen LogP contribution in [-0.4, -0.2) is 11.6 Å². The Morgan fingerprint density at radius 3 is 1.39 bits per heavy atom. The summed E-state index contributed by atoms with van der Waals surface area (Å²) >= 11 is 0. The maximum Gasteiger partial charge on any atom is 0.165 e. The monoisotopic (exact) mass is 486 g/mol. The van der Waals surface area contributed by atoms with Crippen LogP contribution < -0.4 is 0 Å². The number of ketones is 2. The number of benzene rings is 1. The van der Waals surface area contributed by atoms with Gasteiger partial charge in [0.1, 0.15) is 0 Å². The van der Waals surface area contributed by atoms with Crippen LogP contribution in [0.25, 0.3) is 12.2 Å². The zero-order valence-corrected chi connectivity index (χ0v) is 23.5. The Hall–Kier alpha value is -1.96. The fourth-order valence-electron chi connectivity index (χ4n) is 9.04. The Morgan fingerprint density at radius 2 is 1.06 bits per heavy atom. The van der Waals surface area contributed by atoms with E-state index in [1.165, 1.54) is 0 Å². The van der Waals surface area contributed by atoms with Crippen LogP contribution >= 0.6 is 0 Å². The number of rotatable bonds is 8. The first-order valence-electron chi connectivity index (χ1n) is 14.7. The fraction of sp³-hybridized carbons (Fsp3) is 0.647. The van der Waals surface area contributed by atoms with Crippen LogP contribution in [0.15, 0.2) is 35.4 Å². The van der Waals surface area contributed by atoms with Gasteiger partial charge in [0.15, 0.2) is 11.6 Å². The maximum atomic E-state index is 13.7. The predicted molar refractivity (Wildman–Crippen MR) is 149 cm³/mol. The molecular weight excluding hydrogens is 440 g/mol. The predicted octanol–water partition coefficient (Wildman–Crippen LogP) is 8.84. The molecule has 4 aliphatic carbocycles. The van der Waals surface area contributed by atoms with Gasteiger partial charge < -0.3 is 0 Å². The Balaban J connectivity index is 1.40. The number of hydrogen-bond acceptors (Lipinski definition) is 2. The molecule has 194 valence electrons. The second-order valence-corrected chi connectivity index (χ2v) is 13.5. The summed E-state index contributed by atoms with van der Waals surface area (Å²) in [5.41, 5.74) is 4.10. The molecule has 4 atom stereocenters. The van der Waals surface area contributed by atoms with Gasteiger partial charge in [0.25, 0.3) is 0 Å². The number of carbonyl (C=O) groups excluding carboxylic acids is 2. The van der Waals surface area contributed by atoms with Crippen LogP contribution in [0.1, 0.15) is 117 Å². The number of fused-ring (bicyclic) bond motifs is 4. The molecule has 2 heteroatoms. The van der Waals surface area contributed by atoms with Gasteiger partial charge in [-0.1, -0.05) is 91.5 Å². The Morgan fingerprint density at radius 1 is 0.694 bits per heavy atom. The zero-order chi connectivity index (χ0) is 25.9. The molecule has 4 unspecified atom stereocenters. The summed E-state index contributed by atoms with van der Waals surface area (Å²) in [5, 5.41) is 0. The Bertz CT molecular complexity index is 1030. The molecule has 0 aromatic heterocycles. The minimum atomic E-state index is -0.160. The van der Waals surface area contributed by atoms with Crippen molar-refractivity contribution in [3.8, 4) is 0 Å². The van der Waals surface area contributed by atoms with Crippen LogP contribution in [0.2, 0.25) is 0 Å². The van der Waals surface area contributed by atoms with E-state index in [-0.39, 0.29) is 21.7 Å². The number of allylic oxidation sites excluding steroid dienone is 2. The van der Waals surface area contributed by atoms with Crippen LogP contribution in [-0.2, 0) is 9.59 Å². The van der Waals surface area contributed by atoms with E-state index in [0.717, 1.165) is 86.5 Å². The molecule has 1 aromatic rings. The van der Waals surface area contributed by atoms with Crippen molar-refractivity contribution in [1.82, 2.24) is 0 Å². The third-order valence-corrected chi connectivity index (χ3v) is 11.6. The first-order chi connectivity index (χ1) is 17.1. The fourth-order valence-corrected chi connectivity index (χ4v) is 9.04. The molecule has 5 rings (SSSR count). The molecule has 0 radical (unpaired) electrons. The van der Waals surface area contributed by atoms with Gasteiger partial charge in [-0.15, -0.1) is 0 Å². The summed E-state index contributed by atoms with van der Waals surface area (Å²) in [5.74, 6) is 1.57. The molecule has 0 saturated heterocycles. The summed E-state index contributed by atoms with van der Waals surface area (Å²) in [7, 11) is 0. The molecule has 36 heavy (non-hydrogen) atoms. The van der Waals surface area contributed by atoms with Crippen molar-refractivity contribution in [2.24, 2.45) is 33.5 Å². The van der Waals surface area contributed by atoms with Gasteiger partial charge in [0.2, 0.25) is 0 Å². The minimum Gasteiger partial charge on any atom is -0.294 e. The molecule has 2 nitrogen and oxygen atoms in total. The van der Waals surface area contributed by atoms with Crippen molar-refractivity contribution < 1.29 is 9.59 Å². The summed E-state index contributed by atoms with van der Waals surface area (Å²) in [6.07, 6.45) is 15.3. The smallest absolute Gasteiger partial charge is 0.165 e. The van der Waals surface area contributed by atoms with Crippen molar-refractivity contribution in [3.63, 3.8) is 0 Å². The van der Waals surface area contributed by atoms with Gasteiger partial charge >= 0.3 is 0 Å². The average Bonchev–Trinajstić information content (AvgIpc) is 3.37. The minimum absolute atomic E-state index is 0.0537. The summed E-state index contributed by atoms with van der Waals surface area (Å²) < 4.78 is 0. The molecule has 4 aliphatic rings. The van der Waals surface area contributed by atoms with Crippen molar-refractivity contribution in [2.45, 2.75) is 106 Å². The van der Waals surface area contributed by atoms with Crippen LogP contribution in [0.3, 0.4) is 0 Å². The maximum absolute atomic E-state index is 13.7. The Kier molecular flexibility index (Phi) is 6.29. The number of Topliss-reactive ketones (excluding diaryl/α,β-unsaturated/α-hetero) is 2. The van der Waals surface area contributed by atoms with Crippen molar-refractivity contribution in [2.75, 3.05) is 0 Å². The van der Waals surface area contributed by atoms with E-state index in [4.69, 9.17) is 0 Å². The zero-order valence-electron chi connectivity index (χ0n) is 23.5. The van der Waals surface area contributed by atoms with E-state index < -0.39 is 0 Å². The number of hydrogen-bond donors (Lipinski definition) is 0. The molecule has 0 amide bonds. The van der Waals surface area contributed by atoms with E-state index in [9.17, 15) is 9.59 Å². The highest BCUT2D eigenvalue weighted by Crippen LogP contribution is 2.69. The molecule has 4 bridgehead atoms. The van der Waals surface area contributed by atoms with Crippen LogP contribution in [0.4, 0.5) is 0 Å². The highest BCUT2D eigenvalue weighted by atomic mass is 16.1. The van der Waals surface area contributed by atoms with E-state index in [1.54, 1.807) is 0 Å². The highest BCUT2D eigenvalue weighted by molar-refractivity contribution is 6.09. The molecule has 1 aromatic carbocycles. The molecule has 0 N–H and O–H groups in total. The largest absolute Gasteiger partial charge is 0.294 e. The standard InChI is InChI=1S/C34H46O2/c1-7-9-17-33-19-15-27(31(33,3)4)25(29(33)35)21-23-11-13-24(14-12-23)22-26-28-16-20-34(30(26)36,18-10-8-2)32(28,5)6/h11-14,21-22,27-28H,7-10,15-20H2,1-6H3/b25-21+,26-22+. The average molecular weight is 487 g/mol. The van der Waals surface area contributed by atoms with Crippen molar-refractivity contribution in [3.05, 3.63) is 46.5 Å². The third kappa shape index (κ3) is 3.35. The summed E-state index contributed by atoms with van der Waals surface area (Å²) in [6.45, 7) is 13.8. The molecular formula is C34H46O2. The molecule has 4 fully saturated rings. The topological polar surface area (TPSA) is 34.1 Å². The summed E-state index contributed by atoms with van der Waals surface area (Å²) in [6, 6.07) is 8.56. The van der Waals surface area contributed by atoms with Gasteiger partial charge in [-0.25, -0.2) is 0 Å². The SMILES string of the molecule is CCCCC12CCC(/C(=C\c3ccc(/C=C4/C(=O)C5(CCCC)CCC4C5(C)C)cc3)C1=O)C2(C)C. The van der Waals surface area contributed by atoms with E-state index >= 15 is 0 Å². The first kappa shape index (κ1) is 25.7. The highest BCUT2D eigenvalue weighted by Gasteiger charge is 2.66. The lowest BCUT2D eigenvalue weighted by Gasteiger charge is -2.36.